The third-order valence-corrected chi connectivity index (χ3v) is 2.59. The maximum absolute atomic E-state index is 8.90. The first-order chi connectivity index (χ1) is 7.69. The summed E-state index contributed by atoms with van der Waals surface area (Å²) < 4.78 is 10.2. The molecule has 92 valence electrons. The van der Waals surface area contributed by atoms with Gasteiger partial charge in [0.25, 0.3) is 0 Å². The van der Waals surface area contributed by atoms with Gasteiger partial charge in [0, 0.05) is 31.9 Å². The number of aliphatic hydroxyl groups excluding tert-OH is 1. The Morgan fingerprint density at radius 3 is 2.75 bits per heavy atom. The minimum absolute atomic E-state index is 0.155. The zero-order valence-corrected chi connectivity index (χ0v) is 10.1. The van der Waals surface area contributed by atoms with Crippen molar-refractivity contribution in [2.45, 2.75) is 32.9 Å². The Kier molecular flexibility index (Phi) is 5.45. The highest BCUT2D eigenvalue weighted by molar-refractivity contribution is 5.20. The molecule has 0 amide bonds. The summed E-state index contributed by atoms with van der Waals surface area (Å²) in [5.41, 5.74) is 1.99. The average molecular weight is 228 g/mol. The Balaban J connectivity index is 2.48. The molecule has 2 N–H and O–H groups in total. The molecule has 0 aliphatic heterocycles. The van der Waals surface area contributed by atoms with E-state index in [9.17, 15) is 0 Å². The number of methoxy groups -OCH3 is 1. The van der Waals surface area contributed by atoms with Crippen molar-refractivity contribution in [1.29, 1.82) is 0 Å². The van der Waals surface area contributed by atoms with Crippen molar-refractivity contribution >= 4 is 0 Å². The summed E-state index contributed by atoms with van der Waals surface area (Å²) in [5.74, 6) is 0.838. The molecule has 0 bridgehead atoms. The molecule has 1 unspecified atom stereocenters. The maximum Gasteiger partial charge on any atom is 0.138 e. The van der Waals surface area contributed by atoms with Crippen molar-refractivity contribution < 1.29 is 14.4 Å². The Labute approximate surface area is 95.8 Å². The fraction of sp³-hybridized carbons (Fsp3) is 0.727. The van der Waals surface area contributed by atoms with Crippen LogP contribution in [0.4, 0.5) is 0 Å². The van der Waals surface area contributed by atoms with Gasteiger partial charge in [0.05, 0.1) is 12.3 Å². The largest absolute Gasteiger partial charge is 0.396 e. The average Bonchev–Trinajstić information content (AvgIpc) is 2.56. The first-order valence-corrected chi connectivity index (χ1v) is 5.44. The summed E-state index contributed by atoms with van der Waals surface area (Å²) >= 11 is 0. The molecule has 0 radical (unpaired) electrons. The zero-order chi connectivity index (χ0) is 12.0. The molecular formula is C11H20N2O3. The predicted octanol–water partition coefficient (Wildman–Crippen LogP) is 0.778. The Bertz CT molecular complexity index is 287. The van der Waals surface area contributed by atoms with Crippen LogP contribution in [0.2, 0.25) is 0 Å². The monoisotopic (exact) mass is 228 g/mol. The lowest BCUT2D eigenvalue weighted by Crippen LogP contribution is -2.33. The lowest BCUT2D eigenvalue weighted by atomic mass is 10.1. The van der Waals surface area contributed by atoms with Gasteiger partial charge < -0.3 is 19.7 Å². The molecule has 0 aliphatic carbocycles. The van der Waals surface area contributed by atoms with E-state index in [-0.39, 0.29) is 12.6 Å². The number of ether oxygens (including phenoxy) is 1. The van der Waals surface area contributed by atoms with Gasteiger partial charge in [-0.1, -0.05) is 5.16 Å². The quantitative estimate of drug-likeness (QED) is 0.722. The van der Waals surface area contributed by atoms with Crippen LogP contribution in [0.3, 0.4) is 0 Å². The van der Waals surface area contributed by atoms with Crippen LogP contribution in [0.25, 0.3) is 0 Å². The number of aromatic nitrogens is 1. The van der Waals surface area contributed by atoms with Crippen LogP contribution in [0.1, 0.15) is 23.4 Å². The van der Waals surface area contributed by atoms with E-state index >= 15 is 0 Å². The molecule has 16 heavy (non-hydrogen) atoms. The van der Waals surface area contributed by atoms with Crippen molar-refractivity contribution in [1.82, 2.24) is 10.5 Å². The summed E-state index contributed by atoms with van der Waals surface area (Å²) in [4.78, 5) is 0. The molecule has 1 atom stereocenters. The van der Waals surface area contributed by atoms with Gasteiger partial charge in [-0.3, -0.25) is 0 Å². The second-order valence-corrected chi connectivity index (χ2v) is 3.85. The van der Waals surface area contributed by atoms with Gasteiger partial charge in [-0.15, -0.1) is 0 Å². The van der Waals surface area contributed by atoms with Gasteiger partial charge in [0.2, 0.25) is 0 Å². The normalized spacial score (nSPS) is 13.0. The second-order valence-electron chi connectivity index (χ2n) is 3.85. The fourth-order valence-corrected chi connectivity index (χ4v) is 1.60. The standard InChI is InChI=1S/C11H20N2O3/c1-8-11(9(2)16-13-8)6-12-10(4-5-14)7-15-3/h10,12,14H,4-7H2,1-3H3. The number of nitrogens with zero attached hydrogens (tertiary/aromatic N) is 1. The number of hydrogen-bond acceptors (Lipinski definition) is 5. The van der Waals surface area contributed by atoms with E-state index in [4.69, 9.17) is 14.4 Å². The zero-order valence-electron chi connectivity index (χ0n) is 10.1. The summed E-state index contributed by atoms with van der Waals surface area (Å²) in [6.07, 6.45) is 0.678. The van der Waals surface area contributed by atoms with E-state index in [0.717, 1.165) is 17.0 Å². The minimum Gasteiger partial charge on any atom is -0.396 e. The molecule has 5 nitrogen and oxygen atoms in total. The molecule has 0 aliphatic rings. The van der Waals surface area contributed by atoms with Crippen LogP contribution in [-0.4, -0.2) is 36.6 Å². The predicted molar refractivity (Wildman–Crippen MR) is 60.2 cm³/mol. The molecule has 0 spiro atoms. The molecule has 5 heteroatoms. The van der Waals surface area contributed by atoms with Crippen molar-refractivity contribution in [3.05, 3.63) is 17.0 Å². The van der Waals surface area contributed by atoms with E-state index < -0.39 is 0 Å². The van der Waals surface area contributed by atoms with E-state index in [0.29, 0.717) is 19.6 Å². The molecular weight excluding hydrogens is 208 g/mol. The molecule has 0 fully saturated rings. The maximum atomic E-state index is 8.90. The summed E-state index contributed by atoms with van der Waals surface area (Å²) in [7, 11) is 1.65. The van der Waals surface area contributed by atoms with E-state index in [1.54, 1.807) is 7.11 Å². The lowest BCUT2D eigenvalue weighted by molar-refractivity contribution is 0.148. The SMILES string of the molecule is COCC(CCO)NCc1c(C)noc1C. The van der Waals surface area contributed by atoms with Gasteiger partial charge in [0.15, 0.2) is 0 Å². The highest BCUT2D eigenvalue weighted by Crippen LogP contribution is 2.12. The Morgan fingerprint density at radius 2 is 2.25 bits per heavy atom. The van der Waals surface area contributed by atoms with E-state index in [2.05, 4.69) is 10.5 Å². The second kappa shape index (κ2) is 6.62. The first-order valence-electron chi connectivity index (χ1n) is 5.44. The summed E-state index contributed by atoms with van der Waals surface area (Å²) in [6, 6.07) is 0.156. The summed E-state index contributed by atoms with van der Waals surface area (Å²) in [5, 5.41) is 16.1. The van der Waals surface area contributed by atoms with Gasteiger partial charge in [0.1, 0.15) is 5.76 Å². The van der Waals surface area contributed by atoms with Crippen LogP contribution >= 0.6 is 0 Å². The van der Waals surface area contributed by atoms with Gasteiger partial charge >= 0.3 is 0 Å². The van der Waals surface area contributed by atoms with Gasteiger partial charge in [-0.2, -0.15) is 0 Å². The Hall–Kier alpha value is -0.910. The molecule has 0 aromatic carbocycles. The molecule has 1 aromatic heterocycles. The van der Waals surface area contributed by atoms with E-state index in [1.165, 1.54) is 0 Å². The number of aliphatic hydroxyl groups is 1. The smallest absolute Gasteiger partial charge is 0.138 e. The van der Waals surface area contributed by atoms with Crippen molar-refractivity contribution in [3.63, 3.8) is 0 Å². The van der Waals surface area contributed by atoms with Gasteiger partial charge in [-0.05, 0) is 20.3 Å². The highest BCUT2D eigenvalue weighted by Gasteiger charge is 2.12. The molecule has 0 saturated carbocycles. The van der Waals surface area contributed by atoms with Crippen molar-refractivity contribution in [2.75, 3.05) is 20.3 Å². The van der Waals surface area contributed by atoms with Crippen LogP contribution in [-0.2, 0) is 11.3 Å². The number of rotatable bonds is 7. The molecule has 1 aromatic rings. The number of hydrogen-bond donors (Lipinski definition) is 2. The van der Waals surface area contributed by atoms with Crippen LogP contribution in [0.5, 0.6) is 0 Å². The van der Waals surface area contributed by atoms with Crippen molar-refractivity contribution in [3.8, 4) is 0 Å². The molecule has 0 saturated heterocycles. The summed E-state index contributed by atoms with van der Waals surface area (Å²) in [6.45, 7) is 5.25. The van der Waals surface area contributed by atoms with Crippen molar-refractivity contribution in [2.24, 2.45) is 0 Å². The van der Waals surface area contributed by atoms with Crippen LogP contribution in [0.15, 0.2) is 4.52 Å². The number of aryl methyl sites for hydroxylation is 2. The topological polar surface area (TPSA) is 67.5 Å². The first kappa shape index (κ1) is 13.2. The van der Waals surface area contributed by atoms with Gasteiger partial charge in [-0.25, -0.2) is 0 Å². The minimum atomic E-state index is 0.155. The molecule has 1 heterocycles. The highest BCUT2D eigenvalue weighted by atomic mass is 16.5. The Morgan fingerprint density at radius 1 is 1.50 bits per heavy atom. The lowest BCUT2D eigenvalue weighted by Gasteiger charge is -2.16. The third kappa shape index (κ3) is 3.59. The number of nitrogens with one attached hydrogen (secondary N) is 1. The van der Waals surface area contributed by atoms with E-state index in [1.807, 2.05) is 13.8 Å². The third-order valence-electron chi connectivity index (χ3n) is 2.59. The van der Waals surface area contributed by atoms with Crippen LogP contribution < -0.4 is 5.32 Å². The van der Waals surface area contributed by atoms with Crippen LogP contribution in [0, 0.1) is 13.8 Å². The molecule has 1 rings (SSSR count). The fourth-order valence-electron chi connectivity index (χ4n) is 1.60.